The highest BCUT2D eigenvalue weighted by Gasteiger charge is 2.29. The van der Waals surface area contributed by atoms with Crippen LogP contribution in [0.15, 0.2) is 11.0 Å². The first-order valence-electron chi connectivity index (χ1n) is 4.08. The molecule has 2 heterocycles. The zero-order chi connectivity index (χ0) is 10.3. The molecule has 4 nitrogen and oxygen atoms in total. The second-order valence-electron chi connectivity index (χ2n) is 2.88. The molecule has 0 spiro atoms. The molecule has 2 rings (SSSR count). The van der Waals surface area contributed by atoms with Crippen LogP contribution in [-0.2, 0) is 10.0 Å². The number of thiophene rings is 1. The average Bonchev–Trinajstić information content (AvgIpc) is 2.48. The van der Waals surface area contributed by atoms with E-state index in [9.17, 15) is 8.42 Å². The maximum atomic E-state index is 11.6. The fraction of sp³-hybridized carbons (Fsp3) is 0.429. The van der Waals surface area contributed by atoms with E-state index in [2.05, 4.69) is 4.72 Å². The molecule has 1 aromatic rings. The summed E-state index contributed by atoms with van der Waals surface area (Å²) in [6.45, 7) is 3.05. The lowest BCUT2D eigenvalue weighted by Gasteiger charge is -2.27. The van der Waals surface area contributed by atoms with Crippen molar-refractivity contribution in [3.63, 3.8) is 0 Å². The minimum absolute atomic E-state index is 0.292. The standard InChI is InChI=1S/C7H9ClN2O2S2/c1-2-10-4-9-14(11,12)5-3-6(8)13-7(5)10/h3,9H,2,4H2,1H3. The molecule has 0 saturated carbocycles. The van der Waals surface area contributed by atoms with Gasteiger partial charge >= 0.3 is 0 Å². The second-order valence-corrected chi connectivity index (χ2v) is 6.28. The Morgan fingerprint density at radius 3 is 3.07 bits per heavy atom. The SMILES string of the molecule is CCN1CNS(=O)(=O)c2cc(Cl)sc21. The Bertz CT molecular complexity index is 454. The average molecular weight is 253 g/mol. The van der Waals surface area contributed by atoms with Crippen LogP contribution in [0.5, 0.6) is 0 Å². The molecule has 1 aliphatic rings. The van der Waals surface area contributed by atoms with Crippen LogP contribution in [0.1, 0.15) is 6.92 Å². The van der Waals surface area contributed by atoms with Gasteiger partial charge in [0.15, 0.2) is 0 Å². The normalized spacial score (nSPS) is 19.4. The lowest BCUT2D eigenvalue weighted by Crippen LogP contribution is -2.42. The van der Waals surface area contributed by atoms with Crippen molar-refractivity contribution in [1.29, 1.82) is 0 Å². The smallest absolute Gasteiger partial charge is 0.245 e. The van der Waals surface area contributed by atoms with E-state index in [0.29, 0.717) is 15.9 Å². The molecule has 0 atom stereocenters. The number of hydrogen-bond acceptors (Lipinski definition) is 4. The van der Waals surface area contributed by atoms with Gasteiger partial charge in [-0.1, -0.05) is 11.6 Å². The molecular weight excluding hydrogens is 244 g/mol. The maximum Gasteiger partial charge on any atom is 0.245 e. The quantitative estimate of drug-likeness (QED) is 0.824. The molecule has 0 radical (unpaired) electrons. The fourth-order valence-corrected chi connectivity index (χ4v) is 4.20. The van der Waals surface area contributed by atoms with Crippen LogP contribution in [-0.4, -0.2) is 21.6 Å². The molecule has 1 aromatic heterocycles. The van der Waals surface area contributed by atoms with Crippen LogP contribution >= 0.6 is 22.9 Å². The largest absolute Gasteiger partial charge is 0.349 e. The number of sulfonamides is 1. The molecule has 7 heteroatoms. The maximum absolute atomic E-state index is 11.6. The number of nitrogens with zero attached hydrogens (tertiary/aromatic N) is 1. The van der Waals surface area contributed by atoms with E-state index < -0.39 is 10.0 Å². The van der Waals surface area contributed by atoms with Gasteiger partial charge < -0.3 is 4.90 Å². The molecular formula is C7H9ClN2O2S2. The Balaban J connectivity index is 2.60. The Kier molecular flexibility index (Phi) is 2.46. The number of fused-ring (bicyclic) bond motifs is 1. The number of halogens is 1. The molecule has 0 fully saturated rings. The summed E-state index contributed by atoms with van der Waals surface area (Å²) in [4.78, 5) is 2.23. The van der Waals surface area contributed by atoms with Crippen molar-refractivity contribution in [2.75, 3.05) is 18.1 Å². The van der Waals surface area contributed by atoms with Crippen LogP contribution in [0.3, 0.4) is 0 Å². The molecule has 0 aromatic carbocycles. The van der Waals surface area contributed by atoms with E-state index in [4.69, 9.17) is 11.6 Å². The summed E-state index contributed by atoms with van der Waals surface area (Å²) < 4.78 is 26.1. The van der Waals surface area contributed by atoms with E-state index >= 15 is 0 Å². The van der Waals surface area contributed by atoms with E-state index in [0.717, 1.165) is 11.5 Å². The summed E-state index contributed by atoms with van der Waals surface area (Å²) >= 11 is 7.10. The van der Waals surface area contributed by atoms with E-state index in [1.165, 1.54) is 17.4 Å². The van der Waals surface area contributed by atoms with Gasteiger partial charge in [0.1, 0.15) is 9.90 Å². The summed E-state index contributed by atoms with van der Waals surface area (Å²) in [5.41, 5.74) is 0. The topological polar surface area (TPSA) is 49.4 Å². The van der Waals surface area contributed by atoms with Gasteiger partial charge in [0.05, 0.1) is 11.0 Å². The lowest BCUT2D eigenvalue weighted by atomic mass is 10.5. The van der Waals surface area contributed by atoms with Gasteiger partial charge in [0.25, 0.3) is 0 Å². The van der Waals surface area contributed by atoms with Crippen molar-refractivity contribution in [3.8, 4) is 0 Å². The first kappa shape index (κ1) is 10.2. The number of anilines is 1. The predicted octanol–water partition coefficient (Wildman–Crippen LogP) is 1.48. The van der Waals surface area contributed by atoms with Gasteiger partial charge in [0.2, 0.25) is 10.0 Å². The Labute approximate surface area is 91.5 Å². The molecule has 0 aliphatic carbocycles. The Hall–Kier alpha value is -0.300. The predicted molar refractivity (Wildman–Crippen MR) is 57.5 cm³/mol. The molecule has 0 bridgehead atoms. The molecule has 1 aliphatic heterocycles. The van der Waals surface area contributed by atoms with E-state index in [1.807, 2.05) is 11.8 Å². The molecule has 14 heavy (non-hydrogen) atoms. The zero-order valence-electron chi connectivity index (χ0n) is 7.45. The van der Waals surface area contributed by atoms with E-state index in [-0.39, 0.29) is 0 Å². The van der Waals surface area contributed by atoms with Gasteiger partial charge in [-0.2, -0.15) is 4.72 Å². The Morgan fingerprint density at radius 2 is 2.43 bits per heavy atom. The highest BCUT2D eigenvalue weighted by Crippen LogP contribution is 2.39. The lowest BCUT2D eigenvalue weighted by molar-refractivity contribution is 0.573. The highest BCUT2D eigenvalue weighted by molar-refractivity contribution is 7.90. The van der Waals surface area contributed by atoms with Crippen molar-refractivity contribution >= 4 is 38.0 Å². The van der Waals surface area contributed by atoms with Gasteiger partial charge in [-0.15, -0.1) is 11.3 Å². The van der Waals surface area contributed by atoms with Gasteiger partial charge in [-0.05, 0) is 13.0 Å². The van der Waals surface area contributed by atoms with Crippen LogP contribution in [0, 0.1) is 0 Å². The minimum atomic E-state index is -3.33. The third-order valence-corrected chi connectivity index (χ3v) is 4.91. The van der Waals surface area contributed by atoms with Crippen LogP contribution in [0.2, 0.25) is 4.34 Å². The minimum Gasteiger partial charge on any atom is -0.349 e. The van der Waals surface area contributed by atoms with Gasteiger partial charge in [0, 0.05) is 6.54 Å². The highest BCUT2D eigenvalue weighted by atomic mass is 35.5. The van der Waals surface area contributed by atoms with Crippen molar-refractivity contribution in [2.45, 2.75) is 11.8 Å². The van der Waals surface area contributed by atoms with Crippen molar-refractivity contribution in [3.05, 3.63) is 10.4 Å². The first-order valence-corrected chi connectivity index (χ1v) is 6.76. The fourth-order valence-electron chi connectivity index (χ4n) is 1.32. The summed E-state index contributed by atoms with van der Waals surface area (Å²) in [6, 6.07) is 1.49. The molecule has 0 saturated heterocycles. The van der Waals surface area contributed by atoms with Gasteiger partial charge in [-0.3, -0.25) is 0 Å². The second kappa shape index (κ2) is 3.37. The van der Waals surface area contributed by atoms with Crippen molar-refractivity contribution in [1.82, 2.24) is 4.72 Å². The van der Waals surface area contributed by atoms with Crippen molar-refractivity contribution < 1.29 is 8.42 Å². The molecule has 78 valence electrons. The van der Waals surface area contributed by atoms with Crippen LogP contribution < -0.4 is 9.62 Å². The third-order valence-electron chi connectivity index (χ3n) is 2.05. The third kappa shape index (κ3) is 1.52. The Morgan fingerprint density at radius 1 is 1.71 bits per heavy atom. The molecule has 0 unspecified atom stereocenters. The number of hydrogen-bond donors (Lipinski definition) is 1. The zero-order valence-corrected chi connectivity index (χ0v) is 9.84. The van der Waals surface area contributed by atoms with Crippen LogP contribution in [0.4, 0.5) is 5.00 Å². The number of rotatable bonds is 1. The summed E-state index contributed by atoms with van der Waals surface area (Å²) in [5.74, 6) is 0. The first-order chi connectivity index (χ1) is 6.54. The monoisotopic (exact) mass is 252 g/mol. The van der Waals surface area contributed by atoms with Crippen molar-refractivity contribution in [2.24, 2.45) is 0 Å². The number of nitrogens with one attached hydrogen (secondary N) is 1. The summed E-state index contributed by atoms with van der Waals surface area (Å²) in [5, 5.41) is 0.733. The molecule has 0 amide bonds. The molecule has 1 N–H and O–H groups in total. The van der Waals surface area contributed by atoms with E-state index in [1.54, 1.807) is 0 Å². The summed E-state index contributed by atoms with van der Waals surface area (Å²) in [7, 11) is -3.33. The summed E-state index contributed by atoms with van der Waals surface area (Å²) in [6.07, 6.45) is 0. The van der Waals surface area contributed by atoms with Gasteiger partial charge in [-0.25, -0.2) is 8.42 Å². The van der Waals surface area contributed by atoms with Crippen LogP contribution in [0.25, 0.3) is 0 Å².